The Morgan fingerprint density at radius 1 is 0.364 bits per heavy atom. The fourth-order valence-electron chi connectivity index (χ4n) is 10.5. The highest BCUT2D eigenvalue weighted by molar-refractivity contribution is 5.76. The fourth-order valence-corrected chi connectivity index (χ4v) is 10.5. The average molecular weight is 1080 g/mol. The zero-order valence-electron chi connectivity index (χ0n) is 51.7. The van der Waals surface area contributed by atoms with Crippen molar-refractivity contribution in [3.05, 3.63) is 48.6 Å². The number of ether oxygens (including phenoxy) is 1. The second-order valence-corrected chi connectivity index (χ2v) is 23.5. The molecule has 0 saturated carbocycles. The predicted octanol–water partition coefficient (Wildman–Crippen LogP) is 22.1. The molecule has 0 rings (SSSR count). The van der Waals surface area contributed by atoms with Crippen molar-refractivity contribution in [1.29, 1.82) is 0 Å². The number of carbonyl (C=O) groups excluding carboxylic acids is 2. The topological polar surface area (TPSA) is 95.9 Å². The van der Waals surface area contributed by atoms with Gasteiger partial charge in [-0.3, -0.25) is 9.59 Å². The molecule has 0 aromatic carbocycles. The van der Waals surface area contributed by atoms with Crippen molar-refractivity contribution in [1.82, 2.24) is 5.32 Å². The van der Waals surface area contributed by atoms with Crippen molar-refractivity contribution in [2.45, 2.75) is 379 Å². The van der Waals surface area contributed by atoms with Gasteiger partial charge in [0.15, 0.2) is 0 Å². The molecule has 0 aromatic heterocycles. The van der Waals surface area contributed by atoms with Gasteiger partial charge in [-0.15, -0.1) is 0 Å². The molecule has 0 fully saturated rings. The highest BCUT2D eigenvalue weighted by Crippen LogP contribution is 2.18. The Balaban J connectivity index is 3.34. The van der Waals surface area contributed by atoms with Gasteiger partial charge in [0.05, 0.1) is 25.4 Å². The van der Waals surface area contributed by atoms with Crippen molar-refractivity contribution in [2.75, 3.05) is 13.2 Å². The standard InChI is InChI=1S/C71H133NO5/c1-3-5-7-9-11-13-15-16-17-18-36-39-42-45-49-53-57-61-65-71(76)77-66-62-58-54-50-46-43-40-37-34-32-30-28-26-24-22-20-19-21-23-25-27-29-31-33-35-38-41-44-48-52-56-60-64-70(75)72-68(67-73)69(74)63-59-55-51-47-14-12-10-8-6-4-2/h13,15,17-18,22,24,59,63,68-69,73-74H,3-12,14,16,19-21,23,25-58,60-62,64-67H2,1-2H3,(H,72,75)/b15-13-,18-17-,24-22-,63-59+. The minimum absolute atomic E-state index is 0.0105. The van der Waals surface area contributed by atoms with Crippen molar-refractivity contribution in [2.24, 2.45) is 0 Å². The second kappa shape index (κ2) is 66.3. The van der Waals surface area contributed by atoms with Gasteiger partial charge in [0, 0.05) is 12.8 Å². The van der Waals surface area contributed by atoms with Crippen molar-refractivity contribution >= 4 is 11.9 Å². The third kappa shape index (κ3) is 62.9. The number of aliphatic hydroxyl groups is 2. The van der Waals surface area contributed by atoms with E-state index in [-0.39, 0.29) is 18.5 Å². The third-order valence-electron chi connectivity index (χ3n) is 15.8. The predicted molar refractivity (Wildman–Crippen MR) is 338 cm³/mol. The molecule has 0 radical (unpaired) electrons. The summed E-state index contributed by atoms with van der Waals surface area (Å²) in [6.45, 7) is 4.88. The number of carbonyl (C=O) groups is 2. The summed E-state index contributed by atoms with van der Waals surface area (Å²) in [5, 5.41) is 23.0. The second-order valence-electron chi connectivity index (χ2n) is 23.5. The minimum Gasteiger partial charge on any atom is -0.466 e. The van der Waals surface area contributed by atoms with Crippen molar-refractivity contribution in [3.8, 4) is 0 Å². The number of amides is 1. The van der Waals surface area contributed by atoms with Crippen LogP contribution in [0.4, 0.5) is 0 Å². The fraction of sp³-hybridized carbons (Fsp3) is 0.859. The Kier molecular flexibility index (Phi) is 64.5. The van der Waals surface area contributed by atoms with Crippen LogP contribution in [-0.2, 0) is 14.3 Å². The number of aliphatic hydroxyl groups excluding tert-OH is 2. The van der Waals surface area contributed by atoms with E-state index in [0.29, 0.717) is 19.4 Å². The first-order valence-corrected chi connectivity index (χ1v) is 34.4. The molecule has 2 atom stereocenters. The number of unbranched alkanes of at least 4 members (excludes halogenated alkanes) is 47. The molecule has 77 heavy (non-hydrogen) atoms. The molecule has 0 aliphatic carbocycles. The van der Waals surface area contributed by atoms with Crippen LogP contribution >= 0.6 is 0 Å². The molecule has 6 heteroatoms. The van der Waals surface area contributed by atoms with E-state index in [1.165, 1.54) is 289 Å². The third-order valence-corrected chi connectivity index (χ3v) is 15.8. The van der Waals surface area contributed by atoms with Gasteiger partial charge in [-0.25, -0.2) is 0 Å². The molecular formula is C71H133NO5. The first-order chi connectivity index (χ1) is 38.0. The molecule has 0 spiro atoms. The number of rotatable bonds is 64. The van der Waals surface area contributed by atoms with Crippen molar-refractivity contribution in [3.63, 3.8) is 0 Å². The molecule has 3 N–H and O–H groups in total. The Labute approximate surface area is 480 Å². The van der Waals surface area contributed by atoms with Crippen LogP contribution in [0, 0.1) is 0 Å². The summed E-state index contributed by atoms with van der Waals surface area (Å²) in [7, 11) is 0. The molecule has 0 aliphatic heterocycles. The molecule has 0 aromatic rings. The molecule has 0 bridgehead atoms. The lowest BCUT2D eigenvalue weighted by Gasteiger charge is -2.20. The first kappa shape index (κ1) is 74.8. The van der Waals surface area contributed by atoms with Gasteiger partial charge in [-0.2, -0.15) is 0 Å². The SMILES string of the molecule is CCCCCC/C=C\C/C=C\CCCCCCCCCC(=O)OCCCCCCCCCCCCCC/C=C\CCCCCCCCCCCCCCCCCCC(=O)NC(CO)C(O)/C=C/CCCCCCCCCC. The lowest BCUT2D eigenvalue weighted by molar-refractivity contribution is -0.143. The Morgan fingerprint density at radius 3 is 1.01 bits per heavy atom. The summed E-state index contributed by atoms with van der Waals surface area (Å²) in [5.74, 6) is -0.0561. The molecule has 452 valence electrons. The molecule has 1 amide bonds. The highest BCUT2D eigenvalue weighted by Gasteiger charge is 2.18. The molecule has 0 aliphatic rings. The normalized spacial score (nSPS) is 12.8. The van der Waals surface area contributed by atoms with E-state index >= 15 is 0 Å². The van der Waals surface area contributed by atoms with Gasteiger partial charge >= 0.3 is 5.97 Å². The van der Waals surface area contributed by atoms with Crippen LogP contribution in [0.5, 0.6) is 0 Å². The molecule has 0 saturated heterocycles. The maximum absolute atomic E-state index is 12.4. The van der Waals surface area contributed by atoms with E-state index in [9.17, 15) is 19.8 Å². The van der Waals surface area contributed by atoms with E-state index in [2.05, 4.69) is 55.6 Å². The van der Waals surface area contributed by atoms with Gasteiger partial charge in [0.2, 0.25) is 5.91 Å². The molecule has 2 unspecified atom stereocenters. The minimum atomic E-state index is -0.841. The number of hydrogen-bond donors (Lipinski definition) is 3. The monoisotopic (exact) mass is 1080 g/mol. The van der Waals surface area contributed by atoms with E-state index < -0.39 is 12.1 Å². The Hall–Kier alpha value is -2.18. The quantitative estimate of drug-likeness (QED) is 0.0320. The highest BCUT2D eigenvalue weighted by atomic mass is 16.5. The Morgan fingerprint density at radius 2 is 0.649 bits per heavy atom. The maximum Gasteiger partial charge on any atom is 0.305 e. The zero-order chi connectivity index (χ0) is 55.7. The molecule has 6 nitrogen and oxygen atoms in total. The summed E-state index contributed by atoms with van der Waals surface area (Å²) in [6, 6.07) is -0.624. The van der Waals surface area contributed by atoms with Crippen LogP contribution in [-0.4, -0.2) is 47.4 Å². The molecule has 0 heterocycles. The summed E-state index contributed by atoms with van der Waals surface area (Å²) in [6.07, 6.45) is 86.3. The number of esters is 1. The van der Waals surface area contributed by atoms with Crippen LogP contribution in [0.3, 0.4) is 0 Å². The summed E-state index contributed by atoms with van der Waals surface area (Å²) in [5.41, 5.74) is 0. The number of hydrogen-bond acceptors (Lipinski definition) is 5. The van der Waals surface area contributed by atoms with E-state index in [4.69, 9.17) is 4.74 Å². The van der Waals surface area contributed by atoms with Crippen LogP contribution in [0.2, 0.25) is 0 Å². The van der Waals surface area contributed by atoms with Gasteiger partial charge in [-0.1, -0.05) is 313 Å². The van der Waals surface area contributed by atoms with E-state index in [0.717, 1.165) is 51.4 Å². The smallest absolute Gasteiger partial charge is 0.305 e. The number of nitrogens with one attached hydrogen (secondary N) is 1. The van der Waals surface area contributed by atoms with E-state index in [1.807, 2.05) is 6.08 Å². The number of allylic oxidation sites excluding steroid dienone is 7. The summed E-state index contributed by atoms with van der Waals surface area (Å²) in [4.78, 5) is 24.5. The van der Waals surface area contributed by atoms with E-state index in [1.54, 1.807) is 6.08 Å². The lowest BCUT2D eigenvalue weighted by Crippen LogP contribution is -2.45. The van der Waals surface area contributed by atoms with Crippen LogP contribution in [0.1, 0.15) is 367 Å². The molecular weight excluding hydrogens is 947 g/mol. The zero-order valence-corrected chi connectivity index (χ0v) is 51.7. The van der Waals surface area contributed by atoms with Crippen molar-refractivity contribution < 1.29 is 24.5 Å². The Bertz CT molecular complexity index is 1290. The lowest BCUT2D eigenvalue weighted by atomic mass is 10.0. The van der Waals surface area contributed by atoms with Gasteiger partial charge < -0.3 is 20.3 Å². The van der Waals surface area contributed by atoms with Gasteiger partial charge in [-0.05, 0) is 89.9 Å². The van der Waals surface area contributed by atoms with Gasteiger partial charge in [0.1, 0.15) is 0 Å². The maximum atomic E-state index is 12.4. The summed E-state index contributed by atoms with van der Waals surface area (Å²) < 4.78 is 5.50. The largest absolute Gasteiger partial charge is 0.466 e. The van der Waals surface area contributed by atoms with Crippen LogP contribution in [0.25, 0.3) is 0 Å². The van der Waals surface area contributed by atoms with Crippen LogP contribution in [0.15, 0.2) is 48.6 Å². The summed E-state index contributed by atoms with van der Waals surface area (Å²) >= 11 is 0. The average Bonchev–Trinajstić information content (AvgIpc) is 3.43. The van der Waals surface area contributed by atoms with Gasteiger partial charge in [0.25, 0.3) is 0 Å². The first-order valence-electron chi connectivity index (χ1n) is 34.4. The van der Waals surface area contributed by atoms with Crippen LogP contribution < -0.4 is 5.32 Å².